The van der Waals surface area contributed by atoms with Gasteiger partial charge in [0.05, 0.1) is 0 Å². The van der Waals surface area contributed by atoms with Crippen molar-refractivity contribution in [2.75, 3.05) is 0 Å². The molecule has 0 atom stereocenters. The summed E-state index contributed by atoms with van der Waals surface area (Å²) in [6.45, 7) is 0. The van der Waals surface area contributed by atoms with Gasteiger partial charge in [-0.25, -0.2) is 29.9 Å². The van der Waals surface area contributed by atoms with Crippen molar-refractivity contribution in [1.29, 1.82) is 0 Å². The number of rotatable bonds is 9. The van der Waals surface area contributed by atoms with E-state index in [1.54, 1.807) is 0 Å². The Kier molecular flexibility index (Phi) is 9.84. The molecule has 0 radical (unpaired) electrons. The summed E-state index contributed by atoms with van der Waals surface area (Å²) in [5.41, 5.74) is 12.1. The van der Waals surface area contributed by atoms with Crippen molar-refractivity contribution in [3.05, 3.63) is 218 Å². The molecule has 6 heteroatoms. The zero-order valence-corrected chi connectivity index (χ0v) is 32.5. The van der Waals surface area contributed by atoms with Crippen LogP contribution in [0.2, 0.25) is 0 Å². The van der Waals surface area contributed by atoms with Gasteiger partial charge in [-0.05, 0) is 51.6 Å². The first-order valence-electron chi connectivity index (χ1n) is 19.9. The van der Waals surface area contributed by atoms with Gasteiger partial charge in [0.2, 0.25) is 0 Å². The van der Waals surface area contributed by atoms with Crippen LogP contribution in [0.3, 0.4) is 0 Å². The van der Waals surface area contributed by atoms with E-state index in [4.69, 9.17) is 29.9 Å². The molecule has 282 valence electrons. The molecule has 2 heterocycles. The maximum atomic E-state index is 5.08. The van der Waals surface area contributed by atoms with Crippen molar-refractivity contribution in [1.82, 2.24) is 29.9 Å². The van der Waals surface area contributed by atoms with Crippen LogP contribution in [0.4, 0.5) is 0 Å². The van der Waals surface area contributed by atoms with Crippen LogP contribution in [0.1, 0.15) is 0 Å². The number of hydrogen-bond acceptors (Lipinski definition) is 6. The molecular weight excluding hydrogens is 733 g/mol. The molecule has 10 rings (SSSR count). The zero-order chi connectivity index (χ0) is 40.1. The fourth-order valence-corrected chi connectivity index (χ4v) is 7.28. The molecule has 0 fully saturated rings. The largest absolute Gasteiger partial charge is 0.208 e. The van der Waals surface area contributed by atoms with E-state index in [0.717, 1.165) is 55.6 Å². The zero-order valence-electron chi connectivity index (χ0n) is 32.5. The maximum absolute atomic E-state index is 5.08. The topological polar surface area (TPSA) is 77.3 Å². The SMILES string of the molecule is c1ccc(-c2cccc(-c3ccc(-c4nc(-c5ccccc5)nc(-c5cccc(-c6cccc(-c7nc(-c8ccccc8)nc(-c8ccccc8)n7)c6)c5)n4)cc3)c2)cc1. The molecule has 8 aromatic carbocycles. The smallest absolute Gasteiger partial charge is 0.164 e. The quantitative estimate of drug-likeness (QED) is 0.145. The Morgan fingerprint density at radius 2 is 0.350 bits per heavy atom. The van der Waals surface area contributed by atoms with Crippen LogP contribution in [-0.4, -0.2) is 29.9 Å². The highest BCUT2D eigenvalue weighted by molar-refractivity contribution is 5.78. The van der Waals surface area contributed by atoms with E-state index >= 15 is 0 Å². The number of nitrogens with zero attached hydrogens (tertiary/aromatic N) is 6. The van der Waals surface area contributed by atoms with Gasteiger partial charge in [-0.3, -0.25) is 0 Å². The molecule has 0 bridgehead atoms. The van der Waals surface area contributed by atoms with Crippen LogP contribution in [0.5, 0.6) is 0 Å². The van der Waals surface area contributed by atoms with Crippen LogP contribution in [0, 0.1) is 0 Å². The molecule has 0 aliphatic rings. The van der Waals surface area contributed by atoms with Gasteiger partial charge < -0.3 is 0 Å². The normalized spacial score (nSPS) is 11.0. The molecule has 60 heavy (non-hydrogen) atoms. The highest BCUT2D eigenvalue weighted by atomic mass is 15.0. The number of benzene rings is 8. The minimum atomic E-state index is 0.592. The second-order valence-electron chi connectivity index (χ2n) is 14.4. The fraction of sp³-hybridized carbons (Fsp3) is 0. The lowest BCUT2D eigenvalue weighted by Gasteiger charge is -2.11. The summed E-state index contributed by atoms with van der Waals surface area (Å²) < 4.78 is 0. The maximum Gasteiger partial charge on any atom is 0.164 e. The first kappa shape index (κ1) is 36.1. The average Bonchev–Trinajstić information content (AvgIpc) is 3.35. The summed E-state index contributed by atoms with van der Waals surface area (Å²) in [5.74, 6) is 3.66. The molecule has 0 unspecified atom stereocenters. The molecule has 0 N–H and O–H groups in total. The van der Waals surface area contributed by atoms with E-state index in [1.165, 1.54) is 11.1 Å². The second-order valence-corrected chi connectivity index (χ2v) is 14.4. The van der Waals surface area contributed by atoms with Crippen LogP contribution in [0.15, 0.2) is 218 Å². The van der Waals surface area contributed by atoms with Gasteiger partial charge in [0.25, 0.3) is 0 Å². The van der Waals surface area contributed by atoms with Crippen molar-refractivity contribution < 1.29 is 0 Å². The first-order chi connectivity index (χ1) is 29.7. The van der Waals surface area contributed by atoms with E-state index in [9.17, 15) is 0 Å². The molecule has 0 amide bonds. The van der Waals surface area contributed by atoms with E-state index in [0.29, 0.717) is 34.9 Å². The lowest BCUT2D eigenvalue weighted by Crippen LogP contribution is -2.00. The van der Waals surface area contributed by atoms with E-state index in [2.05, 4.69) is 97.1 Å². The summed E-state index contributed by atoms with van der Waals surface area (Å²) in [4.78, 5) is 29.9. The molecule has 0 saturated carbocycles. The standard InChI is InChI=1S/C54H36N6/c1-5-16-37(17-6-1)43-24-13-25-44(34-43)38-30-32-42(33-31-38)52-56-51(41-22-11-4-12-23-41)59-54(60-52)48-29-15-27-46(36-48)45-26-14-28-47(35-45)53-57-49(39-18-7-2-8-19-39)55-50(58-53)40-20-9-3-10-21-40/h1-36H. The third kappa shape index (κ3) is 7.73. The highest BCUT2D eigenvalue weighted by Gasteiger charge is 2.16. The van der Waals surface area contributed by atoms with Gasteiger partial charge in [0, 0.05) is 33.4 Å². The predicted molar refractivity (Wildman–Crippen MR) is 242 cm³/mol. The van der Waals surface area contributed by atoms with E-state index in [1.807, 2.05) is 121 Å². The van der Waals surface area contributed by atoms with Crippen molar-refractivity contribution in [2.24, 2.45) is 0 Å². The Bertz CT molecular complexity index is 3010. The summed E-state index contributed by atoms with van der Waals surface area (Å²) in [6, 6.07) is 74.3. The van der Waals surface area contributed by atoms with Gasteiger partial charge in [-0.15, -0.1) is 0 Å². The predicted octanol–water partition coefficient (Wildman–Crippen LogP) is 13.1. The van der Waals surface area contributed by atoms with Crippen molar-refractivity contribution in [2.45, 2.75) is 0 Å². The first-order valence-corrected chi connectivity index (χ1v) is 19.9. The van der Waals surface area contributed by atoms with Crippen LogP contribution < -0.4 is 0 Å². The summed E-state index contributed by atoms with van der Waals surface area (Å²) in [5, 5.41) is 0. The van der Waals surface area contributed by atoms with Gasteiger partial charge in [-0.2, -0.15) is 0 Å². The van der Waals surface area contributed by atoms with Crippen LogP contribution in [-0.2, 0) is 0 Å². The van der Waals surface area contributed by atoms with Crippen molar-refractivity contribution in [3.8, 4) is 102 Å². The van der Waals surface area contributed by atoms with Gasteiger partial charge in [0.15, 0.2) is 34.9 Å². The molecule has 6 nitrogen and oxygen atoms in total. The minimum Gasteiger partial charge on any atom is -0.208 e. The molecule has 0 aliphatic heterocycles. The Hall–Kier alpha value is -8.22. The van der Waals surface area contributed by atoms with Gasteiger partial charge in [-0.1, -0.05) is 200 Å². The Balaban J connectivity index is 1.01. The second kappa shape index (κ2) is 16.3. The lowest BCUT2D eigenvalue weighted by atomic mass is 9.98. The monoisotopic (exact) mass is 768 g/mol. The van der Waals surface area contributed by atoms with Crippen LogP contribution >= 0.6 is 0 Å². The summed E-state index contributed by atoms with van der Waals surface area (Å²) >= 11 is 0. The Labute approximate surface area is 348 Å². The lowest BCUT2D eigenvalue weighted by molar-refractivity contribution is 1.07. The average molecular weight is 769 g/mol. The summed E-state index contributed by atoms with van der Waals surface area (Å²) in [6.07, 6.45) is 0. The van der Waals surface area contributed by atoms with Gasteiger partial charge in [0.1, 0.15) is 0 Å². The molecule has 0 spiro atoms. The van der Waals surface area contributed by atoms with E-state index < -0.39 is 0 Å². The highest BCUT2D eigenvalue weighted by Crippen LogP contribution is 2.33. The van der Waals surface area contributed by atoms with Crippen molar-refractivity contribution >= 4 is 0 Å². The number of hydrogen-bond donors (Lipinski definition) is 0. The van der Waals surface area contributed by atoms with Crippen LogP contribution in [0.25, 0.3) is 102 Å². The Morgan fingerprint density at radius 3 is 0.700 bits per heavy atom. The molecular formula is C54H36N6. The molecule has 10 aromatic rings. The fourth-order valence-electron chi connectivity index (χ4n) is 7.28. The third-order valence-corrected chi connectivity index (χ3v) is 10.4. The molecule has 0 saturated heterocycles. The summed E-state index contributed by atoms with van der Waals surface area (Å²) in [7, 11) is 0. The minimum absolute atomic E-state index is 0.592. The van der Waals surface area contributed by atoms with E-state index in [-0.39, 0.29) is 0 Å². The van der Waals surface area contributed by atoms with Gasteiger partial charge >= 0.3 is 0 Å². The van der Waals surface area contributed by atoms with Crippen molar-refractivity contribution in [3.63, 3.8) is 0 Å². The Morgan fingerprint density at radius 1 is 0.150 bits per heavy atom. The third-order valence-electron chi connectivity index (χ3n) is 10.4. The molecule has 0 aliphatic carbocycles. The number of aromatic nitrogens is 6. The molecule has 2 aromatic heterocycles.